The van der Waals surface area contributed by atoms with Crippen LogP contribution in [-0.4, -0.2) is 10.9 Å². The lowest BCUT2D eigenvalue weighted by molar-refractivity contribution is -0.289. The Morgan fingerprint density at radius 3 is 2.45 bits per heavy atom. The Morgan fingerprint density at radius 2 is 1.86 bits per heavy atom. The van der Waals surface area contributed by atoms with Crippen molar-refractivity contribution in [3.63, 3.8) is 0 Å². The van der Waals surface area contributed by atoms with Crippen molar-refractivity contribution in [3.05, 3.63) is 64.9 Å². The van der Waals surface area contributed by atoms with Gasteiger partial charge in [-0.15, -0.1) is 0 Å². The molecule has 8 heteroatoms. The van der Waals surface area contributed by atoms with Crippen molar-refractivity contribution in [2.45, 2.75) is 18.8 Å². The van der Waals surface area contributed by atoms with Gasteiger partial charge in [0.2, 0.25) is 17.1 Å². The number of hydrogen-bond acceptors (Lipinski definition) is 7. The van der Waals surface area contributed by atoms with Gasteiger partial charge < -0.3 is 9.47 Å². The monoisotopic (exact) mass is 403 g/mol. The number of aromatic nitrogens is 1. The van der Waals surface area contributed by atoms with Gasteiger partial charge in [0.1, 0.15) is 6.10 Å². The van der Waals surface area contributed by atoms with Crippen molar-refractivity contribution in [2.24, 2.45) is 16.7 Å². The summed E-state index contributed by atoms with van der Waals surface area (Å²) in [6, 6.07) is 17.8. The van der Waals surface area contributed by atoms with Gasteiger partial charge in [-0.2, -0.15) is 15.8 Å². The highest BCUT2D eigenvalue weighted by Crippen LogP contribution is 2.68. The van der Waals surface area contributed by atoms with E-state index in [0.717, 1.165) is 0 Å². The summed E-state index contributed by atoms with van der Waals surface area (Å²) in [4.78, 5) is 4.26. The van der Waals surface area contributed by atoms with Gasteiger partial charge in [0.25, 0.3) is 0 Å². The van der Waals surface area contributed by atoms with Crippen LogP contribution in [0.3, 0.4) is 0 Å². The van der Waals surface area contributed by atoms with E-state index in [4.69, 9.17) is 26.5 Å². The number of hydrogen-bond donors (Lipinski definition) is 1. The van der Waals surface area contributed by atoms with Crippen LogP contribution in [0.4, 0.5) is 0 Å². The summed E-state index contributed by atoms with van der Waals surface area (Å²) >= 11 is 6.17. The van der Waals surface area contributed by atoms with Crippen molar-refractivity contribution >= 4 is 17.5 Å². The van der Waals surface area contributed by atoms with Crippen molar-refractivity contribution in [1.29, 1.82) is 21.2 Å². The topological polar surface area (TPSA) is 127 Å². The molecule has 1 aromatic heterocycles. The molecule has 2 aliphatic heterocycles. The lowest BCUT2D eigenvalue weighted by atomic mass is 9.54. The van der Waals surface area contributed by atoms with E-state index >= 15 is 0 Å². The zero-order valence-electron chi connectivity index (χ0n) is 15.3. The number of rotatable bonds is 2. The number of halogens is 1. The summed E-state index contributed by atoms with van der Waals surface area (Å²) in [7, 11) is 0. The predicted octanol–water partition coefficient (Wildman–Crippen LogP) is 3.85. The number of nitrogens with zero attached hydrogens (tertiary/aromatic N) is 4. The minimum absolute atomic E-state index is 0.298. The smallest absolute Gasteiger partial charge is 0.244 e. The summed E-state index contributed by atoms with van der Waals surface area (Å²) in [5.41, 5.74) is -3.11. The largest absolute Gasteiger partial charge is 0.443 e. The van der Waals surface area contributed by atoms with Crippen LogP contribution in [0.2, 0.25) is 5.02 Å². The van der Waals surface area contributed by atoms with Crippen LogP contribution < -0.4 is 0 Å². The molecule has 4 rings (SSSR count). The Kier molecular flexibility index (Phi) is 4.10. The normalized spacial score (nSPS) is 31.8. The fourth-order valence-electron chi connectivity index (χ4n) is 4.37. The molecular formula is C21H14ClN5O2. The van der Waals surface area contributed by atoms with Gasteiger partial charge in [-0.05, 0) is 24.3 Å². The quantitative estimate of drug-likeness (QED) is 0.811. The summed E-state index contributed by atoms with van der Waals surface area (Å²) in [5.74, 6) is -2.89. The molecule has 4 atom stereocenters. The van der Waals surface area contributed by atoms with E-state index in [0.29, 0.717) is 16.3 Å². The third-order valence-corrected chi connectivity index (χ3v) is 6.09. The molecule has 0 spiro atoms. The first-order valence-electron chi connectivity index (χ1n) is 8.78. The van der Waals surface area contributed by atoms with E-state index in [1.54, 1.807) is 49.4 Å². The van der Waals surface area contributed by atoms with Crippen LogP contribution in [0.25, 0.3) is 0 Å². The standard InChI is InChI=1S/C21H14ClN5O2/c1-13-20(12-25)18(26)29-21(13,14-5-4-6-15(22)9-14)28-17(19(20,10-23)11-24)16-7-2-3-8-27-16/h2-9,13,17,26H,1H3. The third-order valence-electron chi connectivity index (χ3n) is 5.85. The van der Waals surface area contributed by atoms with Crippen LogP contribution in [0, 0.1) is 56.2 Å². The minimum Gasteiger partial charge on any atom is -0.443 e. The molecule has 2 aromatic rings. The van der Waals surface area contributed by atoms with E-state index in [1.165, 1.54) is 6.20 Å². The highest BCUT2D eigenvalue weighted by molar-refractivity contribution is 6.30. The van der Waals surface area contributed by atoms with Crippen molar-refractivity contribution in [2.75, 3.05) is 0 Å². The van der Waals surface area contributed by atoms with E-state index in [2.05, 4.69) is 11.1 Å². The third kappa shape index (κ3) is 2.13. The maximum Gasteiger partial charge on any atom is 0.244 e. The highest BCUT2D eigenvalue weighted by Gasteiger charge is 2.80. The van der Waals surface area contributed by atoms with Gasteiger partial charge in [-0.3, -0.25) is 10.4 Å². The van der Waals surface area contributed by atoms with Gasteiger partial charge in [0.15, 0.2) is 5.41 Å². The molecule has 3 heterocycles. The van der Waals surface area contributed by atoms with E-state index < -0.39 is 34.5 Å². The molecule has 29 heavy (non-hydrogen) atoms. The molecule has 2 aliphatic rings. The zero-order valence-corrected chi connectivity index (χ0v) is 16.0. The van der Waals surface area contributed by atoms with Crippen LogP contribution in [0.15, 0.2) is 48.7 Å². The Morgan fingerprint density at radius 1 is 1.10 bits per heavy atom. The summed E-state index contributed by atoms with van der Waals surface area (Å²) in [6.45, 7) is 1.64. The van der Waals surface area contributed by atoms with Crippen LogP contribution in [0.1, 0.15) is 24.3 Å². The number of nitriles is 3. The van der Waals surface area contributed by atoms with E-state index in [9.17, 15) is 15.8 Å². The second-order valence-corrected chi connectivity index (χ2v) is 7.47. The molecule has 1 aromatic carbocycles. The maximum absolute atomic E-state index is 10.2. The van der Waals surface area contributed by atoms with Crippen molar-refractivity contribution < 1.29 is 9.47 Å². The summed E-state index contributed by atoms with van der Waals surface area (Å²) in [5, 5.41) is 39.4. The number of pyridine rings is 1. The van der Waals surface area contributed by atoms with Crippen LogP contribution >= 0.6 is 11.6 Å². The molecule has 0 saturated carbocycles. The fraction of sp³-hybridized carbons (Fsp3) is 0.286. The first-order valence-corrected chi connectivity index (χ1v) is 9.16. The van der Waals surface area contributed by atoms with Gasteiger partial charge >= 0.3 is 0 Å². The molecule has 1 N–H and O–H groups in total. The fourth-order valence-corrected chi connectivity index (χ4v) is 4.56. The second kappa shape index (κ2) is 6.29. The maximum atomic E-state index is 10.2. The average molecular weight is 404 g/mol. The highest BCUT2D eigenvalue weighted by atomic mass is 35.5. The van der Waals surface area contributed by atoms with Crippen molar-refractivity contribution in [3.8, 4) is 18.2 Å². The molecule has 4 unspecified atom stereocenters. The summed E-state index contributed by atoms with van der Waals surface area (Å²) < 4.78 is 12.2. The van der Waals surface area contributed by atoms with Crippen LogP contribution in [-0.2, 0) is 15.3 Å². The zero-order chi connectivity index (χ0) is 20.9. The first kappa shape index (κ1) is 18.9. The molecule has 2 bridgehead atoms. The number of benzene rings is 1. The molecule has 0 aliphatic carbocycles. The lowest BCUT2D eigenvalue weighted by Crippen LogP contribution is -2.57. The number of nitrogens with one attached hydrogen (secondary N) is 1. The Bertz CT molecular complexity index is 1120. The summed E-state index contributed by atoms with van der Waals surface area (Å²) in [6.07, 6.45) is 0.284. The van der Waals surface area contributed by atoms with Crippen LogP contribution in [0.5, 0.6) is 0 Å². The molecule has 0 radical (unpaired) electrons. The second-order valence-electron chi connectivity index (χ2n) is 7.03. The van der Waals surface area contributed by atoms with E-state index in [-0.39, 0.29) is 0 Å². The van der Waals surface area contributed by atoms with Gasteiger partial charge in [-0.1, -0.05) is 36.7 Å². The molecule has 0 amide bonds. The molecule has 142 valence electrons. The Labute approximate surface area is 172 Å². The Hall–Kier alpha value is -3.44. The predicted molar refractivity (Wildman–Crippen MR) is 101 cm³/mol. The first-order chi connectivity index (χ1) is 13.9. The average Bonchev–Trinajstić information content (AvgIpc) is 2.91. The Balaban J connectivity index is 2.06. The van der Waals surface area contributed by atoms with Gasteiger partial charge in [0, 0.05) is 16.8 Å². The molecular weight excluding hydrogens is 390 g/mol. The molecule has 2 saturated heterocycles. The lowest BCUT2D eigenvalue weighted by Gasteiger charge is -2.48. The number of ether oxygens (including phenoxy) is 2. The van der Waals surface area contributed by atoms with E-state index in [1.807, 2.05) is 12.1 Å². The SMILES string of the molecule is CC1C2(c3cccc(Cl)c3)OC(=N)C1(C#N)C(C#N)(C#N)C(c1ccccn1)O2. The van der Waals surface area contributed by atoms with Gasteiger partial charge in [0.05, 0.1) is 29.8 Å². The number of fused-ring (bicyclic) bond motifs is 2. The van der Waals surface area contributed by atoms with Crippen molar-refractivity contribution in [1.82, 2.24) is 4.98 Å². The molecule has 7 nitrogen and oxygen atoms in total. The van der Waals surface area contributed by atoms with Gasteiger partial charge in [-0.25, -0.2) is 0 Å². The minimum atomic E-state index is -2.04. The molecule has 2 fully saturated rings.